The van der Waals surface area contributed by atoms with Gasteiger partial charge in [0, 0.05) is 12.2 Å². The number of anilines is 1. The van der Waals surface area contributed by atoms with Crippen LogP contribution in [0.1, 0.15) is 19.9 Å². The molecule has 0 saturated heterocycles. The molecule has 2 rings (SSSR count). The number of ether oxygens (including phenoxy) is 1. The van der Waals surface area contributed by atoms with Crippen molar-refractivity contribution in [3.63, 3.8) is 0 Å². The Labute approximate surface area is 126 Å². The fourth-order valence-corrected chi connectivity index (χ4v) is 2.11. The summed E-state index contributed by atoms with van der Waals surface area (Å²) in [6.07, 6.45) is 0. The number of rotatable bonds is 5. The molecule has 0 aliphatic heterocycles. The standard InChI is InChI=1S/C12H15Cl2N5O/c1-3-20-6-7(2)19-12(16-17-18-19)8-4-9(13)11(14)10(15)5-8/h4-5,7H,3,6,15H2,1-2H3. The first-order valence-electron chi connectivity index (χ1n) is 6.15. The van der Waals surface area contributed by atoms with Gasteiger partial charge in [-0.25, -0.2) is 4.68 Å². The quantitative estimate of drug-likeness (QED) is 0.858. The minimum Gasteiger partial charge on any atom is -0.397 e. The molecule has 0 spiro atoms. The van der Waals surface area contributed by atoms with Crippen LogP contribution in [-0.4, -0.2) is 33.4 Å². The van der Waals surface area contributed by atoms with Gasteiger partial charge in [0.1, 0.15) is 0 Å². The summed E-state index contributed by atoms with van der Waals surface area (Å²) in [4.78, 5) is 0. The van der Waals surface area contributed by atoms with Crippen LogP contribution in [0, 0.1) is 0 Å². The summed E-state index contributed by atoms with van der Waals surface area (Å²) in [6.45, 7) is 5.07. The number of aromatic nitrogens is 4. The third-order valence-electron chi connectivity index (χ3n) is 2.79. The lowest BCUT2D eigenvalue weighted by atomic mass is 10.2. The largest absolute Gasteiger partial charge is 0.397 e. The van der Waals surface area contributed by atoms with Crippen LogP contribution in [0.15, 0.2) is 12.1 Å². The molecular weight excluding hydrogens is 301 g/mol. The van der Waals surface area contributed by atoms with Crippen molar-refractivity contribution in [2.24, 2.45) is 0 Å². The van der Waals surface area contributed by atoms with Crippen LogP contribution in [0.4, 0.5) is 5.69 Å². The van der Waals surface area contributed by atoms with Crippen molar-refractivity contribution in [3.8, 4) is 11.4 Å². The molecular formula is C12H15Cl2N5O. The first-order valence-corrected chi connectivity index (χ1v) is 6.90. The second kappa shape index (κ2) is 6.39. The van der Waals surface area contributed by atoms with Gasteiger partial charge in [-0.3, -0.25) is 0 Å². The summed E-state index contributed by atoms with van der Waals surface area (Å²) in [5, 5.41) is 12.4. The molecule has 0 fully saturated rings. The number of halogens is 2. The number of nitrogens with zero attached hydrogens (tertiary/aromatic N) is 4. The maximum Gasteiger partial charge on any atom is 0.182 e. The number of hydrogen-bond acceptors (Lipinski definition) is 5. The van der Waals surface area contributed by atoms with Gasteiger partial charge in [-0.2, -0.15) is 0 Å². The van der Waals surface area contributed by atoms with Crippen LogP contribution in [0.3, 0.4) is 0 Å². The lowest BCUT2D eigenvalue weighted by molar-refractivity contribution is 0.115. The van der Waals surface area contributed by atoms with Gasteiger partial charge in [-0.1, -0.05) is 23.2 Å². The molecule has 1 unspecified atom stereocenters. The van der Waals surface area contributed by atoms with Gasteiger partial charge >= 0.3 is 0 Å². The van der Waals surface area contributed by atoms with Crippen LogP contribution < -0.4 is 5.73 Å². The smallest absolute Gasteiger partial charge is 0.182 e. The molecule has 0 amide bonds. The van der Waals surface area contributed by atoms with Gasteiger partial charge in [0.2, 0.25) is 0 Å². The zero-order chi connectivity index (χ0) is 14.7. The molecule has 1 atom stereocenters. The predicted molar refractivity (Wildman–Crippen MR) is 78.9 cm³/mol. The molecule has 8 heteroatoms. The van der Waals surface area contributed by atoms with Crippen molar-refractivity contribution in [2.45, 2.75) is 19.9 Å². The zero-order valence-electron chi connectivity index (χ0n) is 11.2. The van der Waals surface area contributed by atoms with E-state index in [0.717, 1.165) is 0 Å². The van der Waals surface area contributed by atoms with E-state index in [1.165, 1.54) is 0 Å². The van der Waals surface area contributed by atoms with Crippen molar-refractivity contribution in [1.82, 2.24) is 20.2 Å². The molecule has 20 heavy (non-hydrogen) atoms. The highest BCUT2D eigenvalue weighted by molar-refractivity contribution is 6.43. The van der Waals surface area contributed by atoms with E-state index < -0.39 is 0 Å². The highest BCUT2D eigenvalue weighted by Crippen LogP contribution is 2.33. The highest BCUT2D eigenvalue weighted by atomic mass is 35.5. The molecule has 2 N–H and O–H groups in total. The van der Waals surface area contributed by atoms with Crippen molar-refractivity contribution in [3.05, 3.63) is 22.2 Å². The fourth-order valence-electron chi connectivity index (χ4n) is 1.78. The Balaban J connectivity index is 2.37. The highest BCUT2D eigenvalue weighted by Gasteiger charge is 2.16. The minimum absolute atomic E-state index is 0.00405. The van der Waals surface area contributed by atoms with E-state index in [0.29, 0.717) is 40.3 Å². The van der Waals surface area contributed by atoms with E-state index in [9.17, 15) is 0 Å². The molecule has 1 aromatic heterocycles. The van der Waals surface area contributed by atoms with Gasteiger partial charge in [0.25, 0.3) is 0 Å². The van der Waals surface area contributed by atoms with E-state index in [1.807, 2.05) is 13.8 Å². The summed E-state index contributed by atoms with van der Waals surface area (Å²) in [6, 6.07) is 3.38. The molecule has 0 aliphatic rings. The Hall–Kier alpha value is -1.37. The summed E-state index contributed by atoms with van der Waals surface area (Å²) in [5.74, 6) is 0.572. The van der Waals surface area contributed by atoms with Crippen molar-refractivity contribution < 1.29 is 4.74 Å². The Bertz CT molecular complexity index is 578. The van der Waals surface area contributed by atoms with E-state index in [2.05, 4.69) is 15.5 Å². The molecule has 108 valence electrons. The van der Waals surface area contributed by atoms with E-state index >= 15 is 0 Å². The monoisotopic (exact) mass is 315 g/mol. The Morgan fingerprint density at radius 1 is 1.40 bits per heavy atom. The minimum atomic E-state index is -0.00405. The fraction of sp³-hybridized carbons (Fsp3) is 0.417. The van der Waals surface area contributed by atoms with E-state index in [1.54, 1.807) is 16.8 Å². The number of nitrogens with two attached hydrogens (primary N) is 1. The van der Waals surface area contributed by atoms with Crippen molar-refractivity contribution in [1.29, 1.82) is 0 Å². The maximum atomic E-state index is 6.04. The third-order valence-corrected chi connectivity index (χ3v) is 3.60. The number of nitrogen functional groups attached to an aromatic ring is 1. The predicted octanol–water partition coefficient (Wildman–Crippen LogP) is 2.83. The van der Waals surface area contributed by atoms with Gasteiger partial charge in [0.15, 0.2) is 5.82 Å². The average Bonchev–Trinajstić information content (AvgIpc) is 2.91. The number of hydrogen-bond donors (Lipinski definition) is 1. The molecule has 6 nitrogen and oxygen atoms in total. The summed E-state index contributed by atoms with van der Waals surface area (Å²) >= 11 is 12.0. The summed E-state index contributed by atoms with van der Waals surface area (Å²) < 4.78 is 7.06. The Morgan fingerprint density at radius 2 is 2.15 bits per heavy atom. The summed E-state index contributed by atoms with van der Waals surface area (Å²) in [5.41, 5.74) is 6.92. The first-order chi connectivity index (χ1) is 9.54. The summed E-state index contributed by atoms with van der Waals surface area (Å²) in [7, 11) is 0. The van der Waals surface area contributed by atoms with Crippen LogP contribution in [0.25, 0.3) is 11.4 Å². The van der Waals surface area contributed by atoms with Crippen LogP contribution in [-0.2, 0) is 4.74 Å². The normalized spacial score (nSPS) is 12.6. The Kier molecular flexibility index (Phi) is 4.80. The van der Waals surface area contributed by atoms with Crippen molar-refractivity contribution in [2.75, 3.05) is 18.9 Å². The molecule has 2 aromatic rings. The van der Waals surface area contributed by atoms with Gasteiger partial charge in [0.05, 0.1) is 28.4 Å². The zero-order valence-corrected chi connectivity index (χ0v) is 12.7. The molecule has 0 aliphatic carbocycles. The molecule has 0 radical (unpaired) electrons. The average molecular weight is 316 g/mol. The van der Waals surface area contributed by atoms with Crippen LogP contribution in [0.2, 0.25) is 10.0 Å². The number of tetrazole rings is 1. The topological polar surface area (TPSA) is 78.8 Å². The van der Waals surface area contributed by atoms with Gasteiger partial charge in [-0.15, -0.1) is 5.10 Å². The van der Waals surface area contributed by atoms with Crippen molar-refractivity contribution >= 4 is 28.9 Å². The van der Waals surface area contributed by atoms with E-state index in [4.69, 9.17) is 33.7 Å². The van der Waals surface area contributed by atoms with Crippen LogP contribution in [0.5, 0.6) is 0 Å². The second-order valence-electron chi connectivity index (χ2n) is 4.32. The Morgan fingerprint density at radius 3 is 2.80 bits per heavy atom. The molecule has 0 bridgehead atoms. The van der Waals surface area contributed by atoms with Gasteiger partial charge in [-0.05, 0) is 36.4 Å². The molecule has 1 heterocycles. The SMILES string of the molecule is CCOCC(C)n1nnnc1-c1cc(N)c(Cl)c(Cl)c1. The maximum absolute atomic E-state index is 6.04. The van der Waals surface area contributed by atoms with Crippen LogP contribution >= 0.6 is 23.2 Å². The van der Waals surface area contributed by atoms with Gasteiger partial charge < -0.3 is 10.5 Å². The second-order valence-corrected chi connectivity index (χ2v) is 5.10. The first kappa shape index (κ1) is 15.0. The van der Waals surface area contributed by atoms with E-state index in [-0.39, 0.29) is 6.04 Å². The lowest BCUT2D eigenvalue weighted by Crippen LogP contribution is -2.15. The molecule has 0 saturated carbocycles. The molecule has 1 aromatic carbocycles. The third kappa shape index (κ3) is 3.03. The lowest BCUT2D eigenvalue weighted by Gasteiger charge is -2.13. The number of benzene rings is 1.